The molecular weight excluding hydrogens is 269 g/mol. The Morgan fingerprint density at radius 1 is 1.50 bits per heavy atom. The van der Waals surface area contributed by atoms with Gasteiger partial charge in [0.2, 0.25) is 0 Å². The normalized spacial score (nSPS) is 11.5. The van der Waals surface area contributed by atoms with Crippen LogP contribution < -0.4 is 0 Å². The first-order chi connectivity index (χ1) is 7.29. The Morgan fingerprint density at radius 3 is 2.44 bits per heavy atom. The Labute approximate surface area is 92.7 Å². The molecule has 0 saturated heterocycles. The fourth-order valence-corrected chi connectivity index (χ4v) is 2.23. The Kier molecular flexibility index (Phi) is 3.40. The number of pyridine rings is 1. The smallest absolute Gasteiger partial charge is 0.242 e. The van der Waals surface area contributed by atoms with Crippen LogP contribution in [0.1, 0.15) is 17.7 Å². The van der Waals surface area contributed by atoms with Crippen LogP contribution in [0, 0.1) is 17.1 Å². The molecule has 9 heteroatoms. The zero-order valence-electron chi connectivity index (χ0n) is 7.29. The zero-order chi connectivity index (χ0) is 12.5. The van der Waals surface area contributed by atoms with Gasteiger partial charge in [0.25, 0.3) is 15.5 Å². The molecule has 0 aliphatic rings. The number of nitrogens with zero attached hydrogens (tertiary/aromatic N) is 2. The molecule has 86 valence electrons. The van der Waals surface area contributed by atoms with Crippen molar-refractivity contribution in [2.24, 2.45) is 0 Å². The minimum Gasteiger partial charge on any atom is -0.242 e. The van der Waals surface area contributed by atoms with E-state index in [2.05, 4.69) is 4.98 Å². The van der Waals surface area contributed by atoms with E-state index in [1.807, 2.05) is 0 Å². The molecule has 1 aromatic rings. The summed E-state index contributed by atoms with van der Waals surface area (Å²) < 4.78 is 59.9. The molecule has 4 nitrogen and oxygen atoms in total. The second-order valence-corrected chi connectivity index (χ2v) is 5.05. The summed E-state index contributed by atoms with van der Waals surface area (Å²) in [4.78, 5) is 1.65. The summed E-state index contributed by atoms with van der Waals surface area (Å²) >= 11 is 0. The highest BCUT2D eigenvalue weighted by Crippen LogP contribution is 2.32. The molecule has 0 N–H and O–H groups in total. The minimum absolute atomic E-state index is 0.347. The van der Waals surface area contributed by atoms with Gasteiger partial charge in [-0.3, -0.25) is 0 Å². The molecule has 0 amide bonds. The monoisotopic (exact) mass is 270 g/mol. The van der Waals surface area contributed by atoms with Crippen LogP contribution in [0.4, 0.5) is 13.2 Å². The van der Waals surface area contributed by atoms with Gasteiger partial charge in [-0.2, -0.15) is 5.26 Å². The van der Waals surface area contributed by atoms with Crippen molar-refractivity contribution in [3.05, 3.63) is 23.3 Å². The van der Waals surface area contributed by atoms with Gasteiger partial charge in [-0.15, -0.1) is 0 Å². The Morgan fingerprint density at radius 2 is 2.06 bits per heavy atom. The van der Waals surface area contributed by atoms with E-state index < -0.39 is 37.4 Å². The van der Waals surface area contributed by atoms with Crippen molar-refractivity contribution in [1.82, 2.24) is 4.98 Å². The quantitative estimate of drug-likeness (QED) is 0.770. The van der Waals surface area contributed by atoms with Crippen molar-refractivity contribution < 1.29 is 21.6 Å². The van der Waals surface area contributed by atoms with Crippen molar-refractivity contribution in [3.8, 4) is 6.07 Å². The van der Waals surface area contributed by atoms with E-state index in [1.54, 1.807) is 0 Å². The highest BCUT2D eigenvalue weighted by molar-refractivity contribution is 8.13. The highest BCUT2D eigenvalue weighted by atomic mass is 35.7. The molecule has 0 saturated carbocycles. The maximum Gasteiger partial charge on any atom is 0.268 e. The molecule has 0 atom stereocenters. The third-order valence-electron chi connectivity index (χ3n) is 1.59. The number of alkyl halides is 2. The topological polar surface area (TPSA) is 70.8 Å². The lowest BCUT2D eigenvalue weighted by Crippen LogP contribution is -2.07. The van der Waals surface area contributed by atoms with Gasteiger partial charge in [0, 0.05) is 10.7 Å². The van der Waals surface area contributed by atoms with Crippen LogP contribution in [0.15, 0.2) is 11.1 Å². The van der Waals surface area contributed by atoms with E-state index in [1.165, 1.54) is 6.07 Å². The van der Waals surface area contributed by atoms with Crippen LogP contribution in [-0.4, -0.2) is 13.4 Å². The summed E-state index contributed by atoms with van der Waals surface area (Å²) in [6.45, 7) is 0. The molecule has 1 heterocycles. The molecule has 0 aliphatic heterocycles. The van der Waals surface area contributed by atoms with E-state index in [9.17, 15) is 21.6 Å². The molecule has 0 radical (unpaired) electrons. The Hall–Kier alpha value is -1.33. The summed E-state index contributed by atoms with van der Waals surface area (Å²) in [6.07, 6.45) is -3.03. The molecule has 1 aromatic heterocycles. The van der Waals surface area contributed by atoms with Gasteiger partial charge in [-0.25, -0.2) is 26.6 Å². The summed E-state index contributed by atoms with van der Waals surface area (Å²) in [5.41, 5.74) is -2.20. The van der Waals surface area contributed by atoms with Crippen LogP contribution in [0.5, 0.6) is 0 Å². The first-order valence-corrected chi connectivity index (χ1v) is 5.91. The fourth-order valence-electron chi connectivity index (χ4n) is 1.02. The van der Waals surface area contributed by atoms with Crippen LogP contribution in [0.25, 0.3) is 0 Å². The molecule has 0 spiro atoms. The molecule has 0 unspecified atom stereocenters. The highest BCUT2D eigenvalue weighted by Gasteiger charge is 2.30. The lowest BCUT2D eigenvalue weighted by molar-refractivity contribution is 0.146. The van der Waals surface area contributed by atoms with Crippen LogP contribution in [0.3, 0.4) is 0 Å². The number of hydrogen-bond donors (Lipinski definition) is 0. The number of aromatic nitrogens is 1. The maximum absolute atomic E-state index is 13.1. The Balaban J connectivity index is 3.78. The largest absolute Gasteiger partial charge is 0.268 e. The number of halogens is 4. The fraction of sp³-hybridized carbons (Fsp3) is 0.143. The van der Waals surface area contributed by atoms with Gasteiger partial charge in [-0.05, 0) is 0 Å². The average Bonchev–Trinajstić information content (AvgIpc) is 2.15. The Bertz CT molecular complexity index is 568. The van der Waals surface area contributed by atoms with E-state index in [4.69, 9.17) is 15.9 Å². The summed E-state index contributed by atoms with van der Waals surface area (Å²) in [6, 6.07) is 1.24. The van der Waals surface area contributed by atoms with Crippen LogP contribution in [-0.2, 0) is 9.05 Å². The van der Waals surface area contributed by atoms with Gasteiger partial charge >= 0.3 is 0 Å². The maximum atomic E-state index is 13.1. The second-order valence-electron chi connectivity index (χ2n) is 2.55. The predicted molar refractivity (Wildman–Crippen MR) is 46.9 cm³/mol. The van der Waals surface area contributed by atoms with Gasteiger partial charge in [0.1, 0.15) is 11.0 Å². The summed E-state index contributed by atoms with van der Waals surface area (Å²) in [5, 5.41) is 8.44. The summed E-state index contributed by atoms with van der Waals surface area (Å²) in [7, 11) is 0.0881. The molecule has 0 aliphatic carbocycles. The van der Waals surface area contributed by atoms with E-state index in [0.29, 0.717) is 6.20 Å². The van der Waals surface area contributed by atoms with Gasteiger partial charge in [0.05, 0.1) is 11.8 Å². The van der Waals surface area contributed by atoms with Crippen molar-refractivity contribution in [2.45, 2.75) is 11.3 Å². The lowest BCUT2D eigenvalue weighted by atomic mass is 10.2. The van der Waals surface area contributed by atoms with E-state index in [-0.39, 0.29) is 0 Å². The van der Waals surface area contributed by atoms with Crippen LogP contribution >= 0.6 is 10.7 Å². The predicted octanol–water partition coefficient (Wildman–Crippen LogP) is 1.96. The molecular formula is C7H2ClF3N2O2S. The van der Waals surface area contributed by atoms with Gasteiger partial charge < -0.3 is 0 Å². The second kappa shape index (κ2) is 4.27. The molecule has 16 heavy (non-hydrogen) atoms. The molecule has 0 aromatic carbocycles. The average molecular weight is 271 g/mol. The van der Waals surface area contributed by atoms with Gasteiger partial charge in [0.15, 0.2) is 11.5 Å². The van der Waals surface area contributed by atoms with Crippen molar-refractivity contribution in [2.75, 3.05) is 0 Å². The number of nitriles is 1. The van der Waals surface area contributed by atoms with Crippen molar-refractivity contribution >= 4 is 19.7 Å². The lowest BCUT2D eigenvalue weighted by Gasteiger charge is -2.07. The van der Waals surface area contributed by atoms with Crippen molar-refractivity contribution in [3.63, 3.8) is 0 Å². The SMILES string of the molecule is N#Cc1ncc(F)c(S(=O)(=O)Cl)c1C(F)F. The van der Waals surface area contributed by atoms with E-state index in [0.717, 1.165) is 0 Å². The zero-order valence-corrected chi connectivity index (χ0v) is 8.86. The van der Waals surface area contributed by atoms with Gasteiger partial charge in [-0.1, -0.05) is 0 Å². The summed E-state index contributed by atoms with van der Waals surface area (Å²) in [5.74, 6) is -1.52. The van der Waals surface area contributed by atoms with Crippen molar-refractivity contribution in [1.29, 1.82) is 5.26 Å². The first-order valence-electron chi connectivity index (χ1n) is 3.60. The molecule has 1 rings (SSSR count). The van der Waals surface area contributed by atoms with Crippen LogP contribution in [0.2, 0.25) is 0 Å². The molecule has 0 bridgehead atoms. The third kappa shape index (κ3) is 2.25. The molecule has 0 fully saturated rings. The third-order valence-corrected chi connectivity index (χ3v) is 2.96. The number of hydrogen-bond acceptors (Lipinski definition) is 4. The first kappa shape index (κ1) is 12.7. The standard InChI is InChI=1S/C7H2ClF3N2O2S/c8-16(14,15)6-3(9)2-13-4(1-12)5(6)7(10)11/h2,7H. The van der Waals surface area contributed by atoms with E-state index >= 15 is 0 Å². The minimum atomic E-state index is -4.72. The number of rotatable bonds is 2.